The van der Waals surface area contributed by atoms with E-state index in [9.17, 15) is 14.0 Å². The average Bonchev–Trinajstić information content (AvgIpc) is 2.75. The van der Waals surface area contributed by atoms with Crippen LogP contribution in [0, 0.1) is 5.82 Å². The van der Waals surface area contributed by atoms with E-state index in [0.717, 1.165) is 5.56 Å². The summed E-state index contributed by atoms with van der Waals surface area (Å²) >= 11 is 0. The summed E-state index contributed by atoms with van der Waals surface area (Å²) in [7, 11) is 4.56. The van der Waals surface area contributed by atoms with E-state index in [-0.39, 0.29) is 43.3 Å². The molecule has 0 radical (unpaired) electrons. The number of rotatable bonds is 10. The van der Waals surface area contributed by atoms with Gasteiger partial charge in [0, 0.05) is 13.1 Å². The monoisotopic (exact) mass is 433 g/mol. The Morgan fingerprint density at radius 3 is 2.19 bits per heavy atom. The van der Waals surface area contributed by atoms with Crippen LogP contribution in [-0.4, -0.2) is 46.4 Å². The molecule has 31 heavy (non-hydrogen) atoms. The summed E-state index contributed by atoms with van der Waals surface area (Å²) in [6.07, 6.45) is 0.0716. The van der Waals surface area contributed by atoms with Gasteiger partial charge >= 0.3 is 6.03 Å². The van der Waals surface area contributed by atoms with Crippen LogP contribution >= 0.6 is 0 Å². The zero-order valence-electron chi connectivity index (χ0n) is 18.1. The Kier molecular flexibility index (Phi) is 8.93. The third kappa shape index (κ3) is 7.06. The standard InChI is InChI=1S/C22H28FN3O5/c1-14(16-12-18(29-2)21(31-4)19(13-16)30-3)26-22(28)25-9-8-24-20(27)11-15-6-5-7-17(23)10-15/h5-7,10,12-14H,8-9,11H2,1-4H3,(H,24,27)(H2,25,26,28). The molecule has 9 heteroatoms. The van der Waals surface area contributed by atoms with Gasteiger partial charge in [-0.05, 0) is 42.3 Å². The molecule has 2 rings (SSSR count). The summed E-state index contributed by atoms with van der Waals surface area (Å²) in [5.41, 5.74) is 1.36. The van der Waals surface area contributed by atoms with Gasteiger partial charge in [0.2, 0.25) is 11.7 Å². The number of carbonyl (C=O) groups is 2. The molecule has 8 nitrogen and oxygen atoms in total. The zero-order chi connectivity index (χ0) is 22.8. The summed E-state index contributed by atoms with van der Waals surface area (Å²) in [4.78, 5) is 24.1. The number of hydrogen-bond acceptors (Lipinski definition) is 5. The molecule has 3 amide bonds. The van der Waals surface area contributed by atoms with Crippen molar-refractivity contribution in [2.45, 2.75) is 19.4 Å². The Balaban J connectivity index is 1.80. The lowest BCUT2D eigenvalue weighted by Crippen LogP contribution is -2.41. The van der Waals surface area contributed by atoms with Crippen molar-refractivity contribution < 1.29 is 28.2 Å². The fourth-order valence-electron chi connectivity index (χ4n) is 2.96. The predicted molar refractivity (Wildman–Crippen MR) is 114 cm³/mol. The number of benzene rings is 2. The van der Waals surface area contributed by atoms with Gasteiger partial charge in [-0.1, -0.05) is 12.1 Å². The van der Waals surface area contributed by atoms with Gasteiger partial charge < -0.3 is 30.2 Å². The van der Waals surface area contributed by atoms with E-state index in [1.165, 1.54) is 33.5 Å². The van der Waals surface area contributed by atoms with Gasteiger partial charge in [0.15, 0.2) is 11.5 Å². The van der Waals surface area contributed by atoms with Crippen LogP contribution < -0.4 is 30.2 Å². The summed E-state index contributed by atoms with van der Waals surface area (Å²) in [6.45, 7) is 2.31. The van der Waals surface area contributed by atoms with E-state index >= 15 is 0 Å². The maximum atomic E-state index is 13.2. The normalized spacial score (nSPS) is 11.3. The van der Waals surface area contributed by atoms with E-state index < -0.39 is 0 Å². The second-order valence-corrected chi connectivity index (χ2v) is 6.74. The van der Waals surface area contributed by atoms with Gasteiger partial charge in [-0.2, -0.15) is 0 Å². The molecular formula is C22H28FN3O5. The van der Waals surface area contributed by atoms with Gasteiger partial charge in [0.1, 0.15) is 5.82 Å². The molecule has 1 atom stereocenters. The molecule has 1 unspecified atom stereocenters. The van der Waals surface area contributed by atoms with Crippen molar-refractivity contribution in [3.05, 3.63) is 53.3 Å². The minimum absolute atomic E-state index is 0.0716. The minimum atomic E-state index is -0.388. The first-order valence-electron chi connectivity index (χ1n) is 9.73. The summed E-state index contributed by atoms with van der Waals surface area (Å²) in [5.74, 6) is 0.821. The van der Waals surface area contributed by atoms with Crippen molar-refractivity contribution in [3.8, 4) is 17.2 Å². The number of methoxy groups -OCH3 is 3. The van der Waals surface area contributed by atoms with Gasteiger partial charge in [-0.3, -0.25) is 4.79 Å². The maximum Gasteiger partial charge on any atom is 0.315 e. The van der Waals surface area contributed by atoms with E-state index in [4.69, 9.17) is 14.2 Å². The van der Waals surface area contributed by atoms with Crippen molar-refractivity contribution in [1.29, 1.82) is 0 Å². The van der Waals surface area contributed by atoms with E-state index in [1.807, 2.05) is 6.92 Å². The molecule has 0 aliphatic heterocycles. The van der Waals surface area contributed by atoms with Crippen molar-refractivity contribution in [2.24, 2.45) is 0 Å². The van der Waals surface area contributed by atoms with Crippen LogP contribution in [0.3, 0.4) is 0 Å². The van der Waals surface area contributed by atoms with Crippen LogP contribution in [0.2, 0.25) is 0 Å². The van der Waals surface area contributed by atoms with Gasteiger partial charge in [0.25, 0.3) is 0 Å². The number of carbonyl (C=O) groups excluding carboxylic acids is 2. The largest absolute Gasteiger partial charge is 0.493 e. The third-order valence-electron chi connectivity index (χ3n) is 4.52. The molecule has 0 aromatic heterocycles. The molecule has 0 fully saturated rings. The highest BCUT2D eigenvalue weighted by Gasteiger charge is 2.17. The van der Waals surface area contributed by atoms with E-state index in [2.05, 4.69) is 16.0 Å². The fourth-order valence-corrected chi connectivity index (χ4v) is 2.96. The van der Waals surface area contributed by atoms with Crippen molar-refractivity contribution in [1.82, 2.24) is 16.0 Å². The molecule has 0 aliphatic carbocycles. The van der Waals surface area contributed by atoms with Crippen molar-refractivity contribution >= 4 is 11.9 Å². The van der Waals surface area contributed by atoms with Crippen LogP contribution in [-0.2, 0) is 11.2 Å². The first-order chi connectivity index (χ1) is 14.9. The highest BCUT2D eigenvalue weighted by Crippen LogP contribution is 2.39. The highest BCUT2D eigenvalue weighted by atomic mass is 19.1. The Morgan fingerprint density at radius 2 is 1.61 bits per heavy atom. The van der Waals surface area contributed by atoms with Crippen LogP contribution in [0.5, 0.6) is 17.2 Å². The maximum absolute atomic E-state index is 13.2. The smallest absolute Gasteiger partial charge is 0.315 e. The lowest BCUT2D eigenvalue weighted by molar-refractivity contribution is -0.120. The highest BCUT2D eigenvalue weighted by molar-refractivity contribution is 5.78. The fraction of sp³-hybridized carbons (Fsp3) is 0.364. The first kappa shape index (κ1) is 23.8. The summed E-state index contributed by atoms with van der Waals surface area (Å²) in [5, 5.41) is 8.18. The molecule has 3 N–H and O–H groups in total. The van der Waals surface area contributed by atoms with Crippen molar-refractivity contribution in [2.75, 3.05) is 34.4 Å². The second-order valence-electron chi connectivity index (χ2n) is 6.74. The Morgan fingerprint density at radius 1 is 0.968 bits per heavy atom. The average molecular weight is 433 g/mol. The molecule has 0 saturated carbocycles. The topological polar surface area (TPSA) is 97.9 Å². The van der Waals surface area contributed by atoms with Crippen LogP contribution in [0.15, 0.2) is 36.4 Å². The lowest BCUT2D eigenvalue weighted by Gasteiger charge is -2.19. The summed E-state index contributed by atoms with van der Waals surface area (Å²) in [6, 6.07) is 8.67. The van der Waals surface area contributed by atoms with Crippen LogP contribution in [0.4, 0.5) is 9.18 Å². The van der Waals surface area contributed by atoms with Gasteiger partial charge in [-0.15, -0.1) is 0 Å². The molecule has 168 valence electrons. The molecule has 0 spiro atoms. The molecule has 0 aliphatic rings. The predicted octanol–water partition coefficient (Wildman–Crippen LogP) is 2.57. The number of hydrogen-bond donors (Lipinski definition) is 3. The van der Waals surface area contributed by atoms with Crippen LogP contribution in [0.1, 0.15) is 24.1 Å². The quantitative estimate of drug-likeness (QED) is 0.501. The minimum Gasteiger partial charge on any atom is -0.493 e. The van der Waals surface area contributed by atoms with E-state index in [0.29, 0.717) is 22.8 Å². The zero-order valence-corrected chi connectivity index (χ0v) is 18.1. The van der Waals surface area contributed by atoms with Crippen molar-refractivity contribution in [3.63, 3.8) is 0 Å². The Labute approximate surface area is 181 Å². The van der Waals surface area contributed by atoms with Gasteiger partial charge in [-0.25, -0.2) is 9.18 Å². The molecule has 0 saturated heterocycles. The molecule has 0 heterocycles. The SMILES string of the molecule is COc1cc(C(C)NC(=O)NCCNC(=O)Cc2cccc(F)c2)cc(OC)c1OC. The number of urea groups is 1. The van der Waals surface area contributed by atoms with Crippen LogP contribution in [0.25, 0.3) is 0 Å². The number of amides is 3. The summed E-state index contributed by atoms with van der Waals surface area (Å²) < 4.78 is 29.1. The lowest BCUT2D eigenvalue weighted by atomic mass is 10.1. The second kappa shape index (κ2) is 11.6. The third-order valence-corrected chi connectivity index (χ3v) is 4.52. The molecule has 2 aromatic carbocycles. The molecule has 2 aromatic rings. The molecule has 0 bridgehead atoms. The number of nitrogens with one attached hydrogen (secondary N) is 3. The number of ether oxygens (including phenoxy) is 3. The van der Waals surface area contributed by atoms with E-state index in [1.54, 1.807) is 24.3 Å². The number of halogens is 1. The first-order valence-corrected chi connectivity index (χ1v) is 9.73. The Hall–Kier alpha value is -3.49. The molecular weight excluding hydrogens is 405 g/mol. The Bertz CT molecular complexity index is 881. The van der Waals surface area contributed by atoms with Gasteiger partial charge in [0.05, 0.1) is 33.8 Å².